The monoisotopic (exact) mass is 198 g/mol. The van der Waals surface area contributed by atoms with Gasteiger partial charge in [0.25, 0.3) is 0 Å². The molecule has 64 valence electrons. The average molecular weight is 199 g/mol. The molecule has 0 fully saturated rings. The van der Waals surface area contributed by atoms with Gasteiger partial charge in [-0.3, -0.25) is 4.98 Å². The van der Waals surface area contributed by atoms with E-state index in [1.165, 1.54) is 6.20 Å². The SMILES string of the molecule is Cl.Cl.NCc1ccncc1F. The second kappa shape index (κ2) is 6.34. The van der Waals surface area contributed by atoms with E-state index in [-0.39, 0.29) is 37.2 Å². The molecule has 0 saturated heterocycles. The maximum absolute atomic E-state index is 12.4. The summed E-state index contributed by atoms with van der Waals surface area (Å²) in [7, 11) is 0. The highest BCUT2D eigenvalue weighted by Gasteiger charge is 1.95. The molecule has 0 unspecified atom stereocenters. The molecule has 0 aliphatic rings. The van der Waals surface area contributed by atoms with Crippen molar-refractivity contribution >= 4 is 24.8 Å². The Kier molecular flexibility index (Phi) is 7.62. The van der Waals surface area contributed by atoms with Crippen LogP contribution in [0.4, 0.5) is 4.39 Å². The molecule has 2 nitrogen and oxygen atoms in total. The van der Waals surface area contributed by atoms with Crippen molar-refractivity contribution in [2.24, 2.45) is 5.73 Å². The summed E-state index contributed by atoms with van der Waals surface area (Å²) in [5, 5.41) is 0. The van der Waals surface area contributed by atoms with E-state index in [1.807, 2.05) is 0 Å². The molecular formula is C6H9Cl2FN2. The van der Waals surface area contributed by atoms with E-state index >= 15 is 0 Å². The summed E-state index contributed by atoms with van der Waals surface area (Å²) in [6.07, 6.45) is 2.67. The zero-order valence-corrected chi connectivity index (χ0v) is 7.29. The maximum Gasteiger partial charge on any atom is 0.145 e. The minimum Gasteiger partial charge on any atom is -0.326 e. The van der Waals surface area contributed by atoms with Crippen LogP contribution in [-0.4, -0.2) is 4.98 Å². The van der Waals surface area contributed by atoms with E-state index in [2.05, 4.69) is 4.98 Å². The molecule has 0 saturated carbocycles. The Morgan fingerprint density at radius 1 is 1.45 bits per heavy atom. The van der Waals surface area contributed by atoms with Crippen LogP contribution in [0.3, 0.4) is 0 Å². The fraction of sp³-hybridized carbons (Fsp3) is 0.167. The van der Waals surface area contributed by atoms with Gasteiger partial charge in [0.1, 0.15) is 5.82 Å². The predicted molar refractivity (Wildman–Crippen MR) is 46.6 cm³/mol. The average Bonchev–Trinajstić information content (AvgIpc) is 1.89. The van der Waals surface area contributed by atoms with Gasteiger partial charge in [-0.1, -0.05) is 0 Å². The van der Waals surface area contributed by atoms with Crippen molar-refractivity contribution < 1.29 is 4.39 Å². The molecule has 5 heteroatoms. The molecule has 11 heavy (non-hydrogen) atoms. The van der Waals surface area contributed by atoms with Gasteiger partial charge in [-0.15, -0.1) is 24.8 Å². The summed E-state index contributed by atoms with van der Waals surface area (Å²) in [5.74, 6) is -0.333. The normalized spacial score (nSPS) is 7.82. The molecule has 1 heterocycles. The van der Waals surface area contributed by atoms with Crippen molar-refractivity contribution in [2.75, 3.05) is 0 Å². The van der Waals surface area contributed by atoms with Crippen LogP contribution >= 0.6 is 24.8 Å². The van der Waals surface area contributed by atoms with Gasteiger partial charge in [-0.25, -0.2) is 4.39 Å². The smallest absolute Gasteiger partial charge is 0.145 e. The second-order valence-electron chi connectivity index (χ2n) is 1.67. The number of nitrogens with two attached hydrogens (primary N) is 1. The summed E-state index contributed by atoms with van der Waals surface area (Å²) in [6, 6.07) is 1.56. The zero-order valence-electron chi connectivity index (χ0n) is 5.66. The van der Waals surface area contributed by atoms with E-state index < -0.39 is 0 Å². The van der Waals surface area contributed by atoms with E-state index in [0.717, 1.165) is 6.20 Å². The fourth-order valence-electron chi connectivity index (χ4n) is 0.570. The van der Waals surface area contributed by atoms with Gasteiger partial charge >= 0.3 is 0 Å². The number of pyridine rings is 1. The molecule has 0 atom stereocenters. The van der Waals surface area contributed by atoms with E-state index in [4.69, 9.17) is 5.73 Å². The molecule has 1 aromatic rings. The second-order valence-corrected chi connectivity index (χ2v) is 1.67. The summed E-state index contributed by atoms with van der Waals surface area (Å²) in [4.78, 5) is 3.56. The highest BCUT2D eigenvalue weighted by atomic mass is 35.5. The van der Waals surface area contributed by atoms with Gasteiger partial charge in [0, 0.05) is 18.3 Å². The molecule has 0 amide bonds. The lowest BCUT2D eigenvalue weighted by atomic mass is 10.3. The first-order chi connectivity index (χ1) is 4.34. The molecule has 0 spiro atoms. The van der Waals surface area contributed by atoms with Crippen LogP contribution in [0.25, 0.3) is 0 Å². The van der Waals surface area contributed by atoms with Gasteiger partial charge in [0.2, 0.25) is 0 Å². The number of hydrogen-bond donors (Lipinski definition) is 1. The number of halogens is 3. The molecule has 0 aromatic carbocycles. The quantitative estimate of drug-likeness (QED) is 0.744. The van der Waals surface area contributed by atoms with Crippen LogP contribution in [0, 0.1) is 5.82 Å². The molecule has 0 aliphatic heterocycles. The van der Waals surface area contributed by atoms with Crippen LogP contribution in [0.2, 0.25) is 0 Å². The largest absolute Gasteiger partial charge is 0.326 e. The topological polar surface area (TPSA) is 38.9 Å². The van der Waals surface area contributed by atoms with Gasteiger partial charge < -0.3 is 5.73 Å². The van der Waals surface area contributed by atoms with Gasteiger partial charge in [-0.05, 0) is 6.07 Å². The molecule has 1 rings (SSSR count). The summed E-state index contributed by atoms with van der Waals surface area (Å²) in [5.41, 5.74) is 5.69. The van der Waals surface area contributed by atoms with E-state index in [1.54, 1.807) is 6.07 Å². The summed E-state index contributed by atoms with van der Waals surface area (Å²) in [6.45, 7) is 0.231. The first-order valence-electron chi connectivity index (χ1n) is 2.63. The highest BCUT2D eigenvalue weighted by Crippen LogP contribution is 2.01. The van der Waals surface area contributed by atoms with Crippen molar-refractivity contribution in [3.05, 3.63) is 29.8 Å². The van der Waals surface area contributed by atoms with Crippen LogP contribution < -0.4 is 5.73 Å². The molecule has 1 aromatic heterocycles. The lowest BCUT2D eigenvalue weighted by Gasteiger charge is -1.94. The third kappa shape index (κ3) is 3.51. The Balaban J connectivity index is 0. The Bertz CT molecular complexity index is 208. The summed E-state index contributed by atoms with van der Waals surface area (Å²) >= 11 is 0. The number of hydrogen-bond acceptors (Lipinski definition) is 2. The van der Waals surface area contributed by atoms with Crippen LogP contribution in [0.15, 0.2) is 18.5 Å². The van der Waals surface area contributed by atoms with Gasteiger partial charge in [0.05, 0.1) is 6.20 Å². The molecule has 0 radical (unpaired) electrons. The number of rotatable bonds is 1. The highest BCUT2D eigenvalue weighted by molar-refractivity contribution is 5.85. The summed E-state index contributed by atoms with van der Waals surface area (Å²) < 4.78 is 12.4. The molecule has 0 bridgehead atoms. The lowest BCUT2D eigenvalue weighted by Crippen LogP contribution is -1.99. The van der Waals surface area contributed by atoms with Crippen LogP contribution in [0.5, 0.6) is 0 Å². The van der Waals surface area contributed by atoms with Crippen molar-refractivity contribution in [3.63, 3.8) is 0 Å². The molecule has 0 aliphatic carbocycles. The Morgan fingerprint density at radius 3 is 2.45 bits per heavy atom. The van der Waals surface area contributed by atoms with Crippen molar-refractivity contribution in [1.82, 2.24) is 4.98 Å². The van der Waals surface area contributed by atoms with Crippen molar-refractivity contribution in [3.8, 4) is 0 Å². The zero-order chi connectivity index (χ0) is 6.69. The fourth-order valence-corrected chi connectivity index (χ4v) is 0.570. The molecule has 2 N–H and O–H groups in total. The standard InChI is InChI=1S/C6H7FN2.2ClH/c7-6-4-9-2-1-5(6)3-8;;/h1-2,4H,3,8H2;2*1H. The third-order valence-electron chi connectivity index (χ3n) is 1.08. The Hall–Kier alpha value is -0.380. The minimum absolute atomic E-state index is 0. The van der Waals surface area contributed by atoms with Gasteiger partial charge in [-0.2, -0.15) is 0 Å². The first kappa shape index (κ1) is 13.2. The predicted octanol–water partition coefficient (Wildman–Crippen LogP) is 1.52. The third-order valence-corrected chi connectivity index (χ3v) is 1.08. The van der Waals surface area contributed by atoms with Crippen LogP contribution in [0.1, 0.15) is 5.56 Å². The molecular weight excluding hydrogens is 190 g/mol. The number of nitrogens with zero attached hydrogens (tertiary/aromatic N) is 1. The van der Waals surface area contributed by atoms with E-state index in [0.29, 0.717) is 5.56 Å². The maximum atomic E-state index is 12.4. The van der Waals surface area contributed by atoms with Crippen LogP contribution in [-0.2, 0) is 6.54 Å². The van der Waals surface area contributed by atoms with Crippen molar-refractivity contribution in [2.45, 2.75) is 6.54 Å². The van der Waals surface area contributed by atoms with Crippen molar-refractivity contribution in [1.29, 1.82) is 0 Å². The van der Waals surface area contributed by atoms with E-state index in [9.17, 15) is 4.39 Å². The van der Waals surface area contributed by atoms with Gasteiger partial charge in [0.15, 0.2) is 0 Å². The Labute approximate surface area is 76.8 Å². The Morgan fingerprint density at radius 2 is 2.09 bits per heavy atom. The number of aromatic nitrogens is 1. The lowest BCUT2D eigenvalue weighted by molar-refractivity contribution is 0.604. The minimum atomic E-state index is -0.333. The first-order valence-corrected chi connectivity index (χ1v) is 2.63.